The Balaban J connectivity index is 2.07. The van der Waals surface area contributed by atoms with Gasteiger partial charge in [-0.25, -0.2) is 8.42 Å². The molecule has 3 aromatic carbocycles. The third-order valence-electron chi connectivity index (χ3n) is 6.47. The van der Waals surface area contributed by atoms with Gasteiger partial charge in [-0.05, 0) is 73.9 Å². The average Bonchev–Trinajstić information content (AvgIpc) is 2.93. The maximum absolute atomic E-state index is 14.1. The van der Waals surface area contributed by atoms with E-state index in [-0.39, 0.29) is 29.1 Å². The van der Waals surface area contributed by atoms with Gasteiger partial charge in [0.25, 0.3) is 10.0 Å². The summed E-state index contributed by atoms with van der Waals surface area (Å²) in [7, 11) is -4.16. The molecule has 2 unspecified atom stereocenters. The maximum atomic E-state index is 14.1. The van der Waals surface area contributed by atoms with E-state index in [0.717, 1.165) is 4.31 Å². The molecule has 0 fully saturated rings. The normalized spacial score (nSPS) is 12.8. The van der Waals surface area contributed by atoms with Crippen molar-refractivity contribution in [3.8, 4) is 0 Å². The minimum Gasteiger partial charge on any atom is -0.352 e. The van der Waals surface area contributed by atoms with Gasteiger partial charge in [0.05, 0.1) is 10.6 Å². The van der Waals surface area contributed by atoms with E-state index in [2.05, 4.69) is 5.32 Å². The van der Waals surface area contributed by atoms with Crippen molar-refractivity contribution in [3.63, 3.8) is 0 Å². The van der Waals surface area contributed by atoms with E-state index in [0.29, 0.717) is 33.5 Å². The molecule has 1 N–H and O–H groups in total. The molecule has 2 atom stereocenters. The molecule has 0 radical (unpaired) electrons. The molecule has 0 saturated heterocycles. The Kier molecular flexibility index (Phi) is 11.3. The molecule has 0 aromatic heterocycles. The summed E-state index contributed by atoms with van der Waals surface area (Å²) in [4.78, 5) is 28.8. The van der Waals surface area contributed by atoms with Gasteiger partial charge in [-0.3, -0.25) is 13.9 Å². The number of rotatable bonds is 12. The highest BCUT2D eigenvalue weighted by atomic mass is 35.5. The second-order valence-corrected chi connectivity index (χ2v) is 12.4. The molecule has 0 bridgehead atoms. The van der Waals surface area contributed by atoms with Crippen LogP contribution in [0, 0.1) is 0 Å². The molecule has 0 aliphatic carbocycles. The zero-order valence-electron chi connectivity index (χ0n) is 22.5. The first-order valence-electron chi connectivity index (χ1n) is 12.8. The summed E-state index contributed by atoms with van der Waals surface area (Å²) >= 11 is 18.6. The lowest BCUT2D eigenvalue weighted by atomic mass is 10.1. The lowest BCUT2D eigenvalue weighted by Gasteiger charge is -2.34. The number of hydrogen-bond donors (Lipinski definition) is 1. The van der Waals surface area contributed by atoms with Gasteiger partial charge < -0.3 is 10.2 Å². The standard InChI is InChI=1S/C29H32Cl3N3O4S/c1-4-20(3)33-29(37)27(5-2)34(18-21-11-12-23(31)17-26(21)32)28(36)19-35(24-15-13-22(30)14-16-24)40(38,39)25-9-7-6-8-10-25/h6-17,20,27H,4-5,18-19H2,1-3H3,(H,33,37). The van der Waals surface area contributed by atoms with E-state index >= 15 is 0 Å². The van der Waals surface area contributed by atoms with E-state index in [9.17, 15) is 18.0 Å². The number of halogens is 3. The number of carbonyl (C=O) groups excluding carboxylic acids is 2. The topological polar surface area (TPSA) is 86.8 Å². The molecule has 11 heteroatoms. The van der Waals surface area contributed by atoms with Gasteiger partial charge in [0.15, 0.2) is 0 Å². The van der Waals surface area contributed by atoms with Crippen LogP contribution in [-0.2, 0) is 26.2 Å². The Bertz CT molecular complexity index is 1420. The first-order valence-corrected chi connectivity index (χ1v) is 15.4. The Hall–Kier alpha value is -2.78. The molecule has 7 nitrogen and oxygen atoms in total. The van der Waals surface area contributed by atoms with Crippen molar-refractivity contribution >= 4 is 62.3 Å². The smallest absolute Gasteiger partial charge is 0.264 e. The largest absolute Gasteiger partial charge is 0.352 e. The number of nitrogens with zero attached hydrogens (tertiary/aromatic N) is 2. The third-order valence-corrected chi connectivity index (χ3v) is 9.09. The van der Waals surface area contributed by atoms with Gasteiger partial charge in [-0.2, -0.15) is 0 Å². The molecular formula is C29H32Cl3N3O4S. The van der Waals surface area contributed by atoms with Crippen LogP contribution in [0.25, 0.3) is 0 Å². The molecule has 0 saturated carbocycles. The third kappa shape index (κ3) is 7.91. The van der Waals surface area contributed by atoms with Crippen LogP contribution in [0.15, 0.2) is 77.7 Å². The van der Waals surface area contributed by atoms with Crippen LogP contribution in [-0.4, -0.2) is 43.8 Å². The quantitative estimate of drug-likeness (QED) is 0.247. The second-order valence-electron chi connectivity index (χ2n) is 9.30. The molecule has 0 aliphatic rings. The summed E-state index contributed by atoms with van der Waals surface area (Å²) in [6.45, 7) is 5.03. The first-order chi connectivity index (χ1) is 19.0. The summed E-state index contributed by atoms with van der Waals surface area (Å²) in [5.41, 5.74) is 0.821. The fourth-order valence-electron chi connectivity index (χ4n) is 4.05. The van der Waals surface area contributed by atoms with Crippen molar-refractivity contribution in [3.05, 3.63) is 93.4 Å². The first kappa shape index (κ1) is 31.7. The Morgan fingerprint density at radius 1 is 0.875 bits per heavy atom. The van der Waals surface area contributed by atoms with Crippen LogP contribution in [0.5, 0.6) is 0 Å². The number of hydrogen-bond acceptors (Lipinski definition) is 4. The van der Waals surface area contributed by atoms with E-state index in [1.54, 1.807) is 55.5 Å². The predicted octanol–water partition coefficient (Wildman–Crippen LogP) is 6.56. The molecule has 0 aliphatic heterocycles. The Morgan fingerprint density at radius 2 is 1.50 bits per heavy atom. The van der Waals surface area contributed by atoms with E-state index in [4.69, 9.17) is 34.8 Å². The number of anilines is 1. The summed E-state index contributed by atoms with van der Waals surface area (Å²) < 4.78 is 28.6. The van der Waals surface area contributed by atoms with Crippen LogP contribution in [0.1, 0.15) is 39.2 Å². The number of sulfonamides is 1. The summed E-state index contributed by atoms with van der Waals surface area (Å²) in [5, 5.41) is 4.11. The monoisotopic (exact) mass is 623 g/mol. The van der Waals surface area contributed by atoms with Crippen molar-refractivity contribution in [2.24, 2.45) is 0 Å². The summed E-state index contributed by atoms with van der Waals surface area (Å²) in [6, 6.07) is 17.9. The predicted molar refractivity (Wildman–Crippen MR) is 161 cm³/mol. The molecule has 0 heterocycles. The molecule has 0 spiro atoms. The second kappa shape index (κ2) is 14.2. The van der Waals surface area contributed by atoms with Gasteiger partial charge >= 0.3 is 0 Å². The van der Waals surface area contributed by atoms with Gasteiger partial charge in [-0.15, -0.1) is 0 Å². The lowest BCUT2D eigenvalue weighted by Crippen LogP contribution is -2.53. The fourth-order valence-corrected chi connectivity index (χ4v) is 6.08. The molecule has 2 amide bonds. The molecule has 3 aromatic rings. The minimum atomic E-state index is -4.16. The van der Waals surface area contributed by atoms with Gasteiger partial charge in [0.1, 0.15) is 12.6 Å². The number of benzene rings is 3. The minimum absolute atomic E-state index is 0.0200. The van der Waals surface area contributed by atoms with Crippen LogP contribution in [0.4, 0.5) is 5.69 Å². The van der Waals surface area contributed by atoms with Crippen LogP contribution >= 0.6 is 34.8 Å². The highest BCUT2D eigenvalue weighted by Gasteiger charge is 2.34. The van der Waals surface area contributed by atoms with Crippen molar-refractivity contribution < 1.29 is 18.0 Å². The highest BCUT2D eigenvalue weighted by Crippen LogP contribution is 2.27. The van der Waals surface area contributed by atoms with Crippen LogP contribution in [0.2, 0.25) is 15.1 Å². The zero-order valence-corrected chi connectivity index (χ0v) is 25.6. The van der Waals surface area contributed by atoms with E-state index < -0.39 is 28.5 Å². The molecule has 40 heavy (non-hydrogen) atoms. The maximum Gasteiger partial charge on any atom is 0.264 e. The highest BCUT2D eigenvalue weighted by molar-refractivity contribution is 7.92. The lowest BCUT2D eigenvalue weighted by molar-refractivity contribution is -0.140. The SMILES string of the molecule is CCC(C)NC(=O)C(CC)N(Cc1ccc(Cl)cc1Cl)C(=O)CN(c1ccc(Cl)cc1)S(=O)(=O)c1ccccc1. The number of amides is 2. The van der Waals surface area contributed by atoms with E-state index in [1.165, 1.54) is 29.2 Å². The summed E-state index contributed by atoms with van der Waals surface area (Å²) in [5.74, 6) is -0.911. The average molecular weight is 625 g/mol. The summed E-state index contributed by atoms with van der Waals surface area (Å²) in [6.07, 6.45) is 1.00. The Labute approximate surface area is 251 Å². The van der Waals surface area contributed by atoms with Crippen molar-refractivity contribution in [1.82, 2.24) is 10.2 Å². The molecule has 214 valence electrons. The van der Waals surface area contributed by atoms with Crippen LogP contribution < -0.4 is 9.62 Å². The van der Waals surface area contributed by atoms with Crippen molar-refractivity contribution in [1.29, 1.82) is 0 Å². The van der Waals surface area contributed by atoms with Gasteiger partial charge in [-0.1, -0.05) is 72.9 Å². The Morgan fingerprint density at radius 3 is 2.08 bits per heavy atom. The number of nitrogens with one attached hydrogen (secondary N) is 1. The van der Waals surface area contributed by atoms with Crippen molar-refractivity contribution in [2.45, 2.75) is 57.1 Å². The zero-order chi connectivity index (χ0) is 29.4. The fraction of sp³-hybridized carbons (Fsp3) is 0.310. The van der Waals surface area contributed by atoms with Crippen molar-refractivity contribution in [2.75, 3.05) is 10.8 Å². The number of carbonyl (C=O) groups is 2. The van der Waals surface area contributed by atoms with E-state index in [1.807, 2.05) is 13.8 Å². The van der Waals surface area contributed by atoms with Gasteiger partial charge in [0, 0.05) is 27.7 Å². The van der Waals surface area contributed by atoms with Crippen LogP contribution in [0.3, 0.4) is 0 Å². The molecule has 3 rings (SSSR count). The van der Waals surface area contributed by atoms with Gasteiger partial charge in [0.2, 0.25) is 11.8 Å². The molecular weight excluding hydrogens is 593 g/mol.